The maximum atomic E-state index is 13.8. The molecule has 0 unspecified atom stereocenters. The topological polar surface area (TPSA) is 55.6 Å². The van der Waals surface area contributed by atoms with Crippen molar-refractivity contribution in [1.29, 1.82) is 0 Å². The van der Waals surface area contributed by atoms with Gasteiger partial charge in [0.15, 0.2) is 5.82 Å². The van der Waals surface area contributed by atoms with Crippen molar-refractivity contribution in [3.8, 4) is 22.1 Å². The van der Waals surface area contributed by atoms with E-state index in [-0.39, 0.29) is 18.2 Å². The fourth-order valence-corrected chi connectivity index (χ4v) is 3.24. The van der Waals surface area contributed by atoms with Gasteiger partial charge in [0.1, 0.15) is 22.3 Å². The number of hydrogen-bond donors (Lipinski definition) is 1. The number of benzene rings is 1. The quantitative estimate of drug-likeness (QED) is 0.781. The number of nitrogens with zero attached hydrogens (tertiary/aromatic N) is 4. The van der Waals surface area contributed by atoms with Crippen LogP contribution in [0.15, 0.2) is 29.6 Å². The van der Waals surface area contributed by atoms with Crippen LogP contribution in [0.1, 0.15) is 5.82 Å². The van der Waals surface area contributed by atoms with Gasteiger partial charge in [0.25, 0.3) is 0 Å². The van der Waals surface area contributed by atoms with E-state index in [2.05, 4.69) is 25.1 Å². The van der Waals surface area contributed by atoms with E-state index in [4.69, 9.17) is 0 Å². The lowest BCUT2D eigenvalue weighted by molar-refractivity contribution is 0.508. The summed E-state index contributed by atoms with van der Waals surface area (Å²) in [4.78, 5) is 4.53. The molecule has 0 saturated heterocycles. The highest BCUT2D eigenvalue weighted by molar-refractivity contribution is 7.13. The molecule has 8 heteroatoms. The molecule has 1 aromatic carbocycles. The molecular formula is C14H13ClFN5S. The van der Waals surface area contributed by atoms with Gasteiger partial charge >= 0.3 is 0 Å². The van der Waals surface area contributed by atoms with Gasteiger partial charge in [-0.2, -0.15) is 0 Å². The third-order valence-electron chi connectivity index (χ3n) is 3.46. The summed E-state index contributed by atoms with van der Waals surface area (Å²) in [6.07, 6.45) is 0. The van der Waals surface area contributed by atoms with Crippen LogP contribution in [0.2, 0.25) is 0 Å². The molecule has 0 fully saturated rings. The average Bonchev–Trinajstić information content (AvgIpc) is 3.14. The van der Waals surface area contributed by atoms with Crippen LogP contribution >= 0.6 is 23.7 Å². The van der Waals surface area contributed by atoms with Gasteiger partial charge in [0, 0.05) is 24.0 Å². The monoisotopic (exact) mass is 337 g/mol. The molecule has 0 bridgehead atoms. The van der Waals surface area contributed by atoms with E-state index >= 15 is 0 Å². The van der Waals surface area contributed by atoms with Crippen LogP contribution in [0.5, 0.6) is 0 Å². The van der Waals surface area contributed by atoms with Crippen LogP contribution in [0, 0.1) is 5.82 Å². The van der Waals surface area contributed by atoms with Gasteiger partial charge < -0.3 is 9.88 Å². The molecular weight excluding hydrogens is 325 g/mol. The normalized spacial score (nSPS) is 13.5. The van der Waals surface area contributed by atoms with Gasteiger partial charge in [-0.05, 0) is 12.1 Å². The second-order valence-corrected chi connectivity index (χ2v) is 5.64. The number of thiazole rings is 1. The molecule has 114 valence electrons. The summed E-state index contributed by atoms with van der Waals surface area (Å²) in [6, 6.07) is 6.67. The Balaban J connectivity index is 0.00000144. The van der Waals surface area contributed by atoms with Gasteiger partial charge in [-0.25, -0.2) is 9.37 Å². The highest BCUT2D eigenvalue weighted by atomic mass is 35.5. The lowest BCUT2D eigenvalue weighted by Gasteiger charge is -2.15. The molecule has 1 aliphatic rings. The van der Waals surface area contributed by atoms with Crippen molar-refractivity contribution in [2.24, 2.45) is 0 Å². The first kappa shape index (κ1) is 15.1. The molecule has 3 aromatic rings. The predicted molar refractivity (Wildman–Crippen MR) is 85.5 cm³/mol. The second kappa shape index (κ2) is 6.12. The van der Waals surface area contributed by atoms with Crippen LogP contribution in [-0.4, -0.2) is 26.3 Å². The molecule has 0 radical (unpaired) electrons. The lowest BCUT2D eigenvalue weighted by Crippen LogP contribution is -2.28. The van der Waals surface area contributed by atoms with E-state index in [0.29, 0.717) is 10.6 Å². The first-order valence-electron chi connectivity index (χ1n) is 6.66. The van der Waals surface area contributed by atoms with E-state index in [9.17, 15) is 4.39 Å². The van der Waals surface area contributed by atoms with Crippen molar-refractivity contribution in [2.75, 3.05) is 6.54 Å². The highest BCUT2D eigenvalue weighted by Gasteiger charge is 2.19. The predicted octanol–water partition coefficient (Wildman–Crippen LogP) is 2.73. The first-order chi connectivity index (χ1) is 10.3. The van der Waals surface area contributed by atoms with Crippen molar-refractivity contribution < 1.29 is 4.39 Å². The summed E-state index contributed by atoms with van der Waals surface area (Å²) in [6.45, 7) is 2.43. The third kappa shape index (κ3) is 2.51. The van der Waals surface area contributed by atoms with Gasteiger partial charge in [-0.3, -0.25) is 0 Å². The number of fused-ring (bicyclic) bond motifs is 1. The number of aromatic nitrogens is 4. The largest absolute Gasteiger partial charge is 0.308 e. The van der Waals surface area contributed by atoms with Gasteiger partial charge in [-0.1, -0.05) is 12.1 Å². The summed E-state index contributed by atoms with van der Waals surface area (Å²) < 4.78 is 15.9. The molecule has 0 atom stereocenters. The Morgan fingerprint density at radius 1 is 1.23 bits per heavy atom. The van der Waals surface area contributed by atoms with Gasteiger partial charge in [-0.15, -0.1) is 33.9 Å². The average molecular weight is 338 g/mol. The summed E-state index contributed by atoms with van der Waals surface area (Å²) in [5.41, 5.74) is 1.27. The maximum absolute atomic E-state index is 13.8. The first-order valence-corrected chi connectivity index (χ1v) is 7.54. The molecule has 22 heavy (non-hydrogen) atoms. The minimum absolute atomic E-state index is 0. The molecule has 5 nitrogen and oxygen atoms in total. The highest BCUT2D eigenvalue weighted by Crippen LogP contribution is 2.30. The molecule has 0 aliphatic carbocycles. The second-order valence-electron chi connectivity index (χ2n) is 4.79. The zero-order valence-corrected chi connectivity index (χ0v) is 13.1. The summed E-state index contributed by atoms with van der Waals surface area (Å²) in [7, 11) is 0. The number of hydrogen-bond acceptors (Lipinski definition) is 5. The van der Waals surface area contributed by atoms with Crippen LogP contribution in [0.4, 0.5) is 4.39 Å². The third-order valence-corrected chi connectivity index (χ3v) is 4.34. The van der Waals surface area contributed by atoms with Crippen LogP contribution < -0.4 is 5.32 Å². The molecule has 2 aromatic heterocycles. The molecule has 0 amide bonds. The van der Waals surface area contributed by atoms with Gasteiger partial charge in [0.05, 0.1) is 6.54 Å². The summed E-state index contributed by atoms with van der Waals surface area (Å²) in [5, 5.41) is 14.2. The van der Waals surface area contributed by atoms with Crippen LogP contribution in [-0.2, 0) is 13.1 Å². The lowest BCUT2D eigenvalue weighted by atomic mass is 10.2. The van der Waals surface area contributed by atoms with Crippen molar-refractivity contribution in [3.63, 3.8) is 0 Å². The zero-order valence-electron chi connectivity index (χ0n) is 11.5. The molecule has 0 saturated carbocycles. The van der Waals surface area contributed by atoms with E-state index in [1.54, 1.807) is 12.1 Å². The zero-order chi connectivity index (χ0) is 14.2. The Hall–Kier alpha value is -1.83. The Morgan fingerprint density at radius 3 is 2.95 bits per heavy atom. The molecule has 1 N–H and O–H groups in total. The minimum Gasteiger partial charge on any atom is -0.308 e. The number of halogens is 2. The summed E-state index contributed by atoms with van der Waals surface area (Å²) in [5.74, 6) is 1.41. The summed E-state index contributed by atoms with van der Waals surface area (Å²) >= 11 is 1.42. The molecule has 0 spiro atoms. The minimum atomic E-state index is -0.258. The number of rotatable bonds is 2. The van der Waals surface area contributed by atoms with Crippen molar-refractivity contribution in [1.82, 2.24) is 25.1 Å². The van der Waals surface area contributed by atoms with E-state index in [1.165, 1.54) is 17.4 Å². The Kier molecular flexibility index (Phi) is 4.19. The van der Waals surface area contributed by atoms with Crippen molar-refractivity contribution >= 4 is 23.7 Å². The fraction of sp³-hybridized carbons (Fsp3) is 0.214. The fourth-order valence-electron chi connectivity index (χ4n) is 2.42. The van der Waals surface area contributed by atoms with E-state index in [1.807, 2.05) is 11.4 Å². The molecule has 4 rings (SSSR count). The van der Waals surface area contributed by atoms with Crippen molar-refractivity contribution in [2.45, 2.75) is 13.1 Å². The van der Waals surface area contributed by atoms with E-state index in [0.717, 1.165) is 37.0 Å². The Bertz CT molecular complexity index is 800. The SMILES string of the molecule is Cl.Fc1ccccc1-c1nc(-c2nnc3n2CCNC3)cs1. The van der Waals surface area contributed by atoms with Gasteiger partial charge in [0.2, 0.25) is 0 Å². The van der Waals surface area contributed by atoms with Crippen LogP contribution in [0.25, 0.3) is 22.1 Å². The molecule has 3 heterocycles. The smallest absolute Gasteiger partial charge is 0.183 e. The van der Waals surface area contributed by atoms with E-state index < -0.39 is 0 Å². The standard InChI is InChI=1S/C14H12FN5S.ClH/c15-10-4-2-1-3-9(10)14-17-11(8-21-14)13-19-18-12-7-16-5-6-20(12)13;/h1-4,8,16H,5-7H2;1H. The Morgan fingerprint density at radius 2 is 2.09 bits per heavy atom. The maximum Gasteiger partial charge on any atom is 0.183 e. The van der Waals surface area contributed by atoms with Crippen molar-refractivity contribution in [3.05, 3.63) is 41.3 Å². The molecule has 1 aliphatic heterocycles. The van der Waals surface area contributed by atoms with Crippen LogP contribution in [0.3, 0.4) is 0 Å². The number of nitrogens with one attached hydrogen (secondary N) is 1. The Labute approximate surface area is 136 Å².